The third-order valence-corrected chi connectivity index (χ3v) is 2.95. The summed E-state index contributed by atoms with van der Waals surface area (Å²) >= 11 is 0. The summed E-state index contributed by atoms with van der Waals surface area (Å²) in [6, 6.07) is -0.579. The Bertz CT molecular complexity index is 550. The summed E-state index contributed by atoms with van der Waals surface area (Å²) < 4.78 is 1.61. The highest BCUT2D eigenvalue weighted by Gasteiger charge is 2.31. The minimum atomic E-state index is -1.22. The van der Waals surface area contributed by atoms with E-state index < -0.39 is 23.3 Å². The number of hydrogen-bond acceptors (Lipinski definition) is 4. The maximum Gasteiger partial charge on any atom is 0.324 e. The largest absolute Gasteiger partial charge is 0.481 e. The molecule has 0 aromatic carbocycles. The first kappa shape index (κ1) is 16.7. The molecule has 0 radical (unpaired) electrons. The van der Waals surface area contributed by atoms with Crippen molar-refractivity contribution >= 4 is 17.9 Å². The quantitative estimate of drug-likeness (QED) is 0.827. The van der Waals surface area contributed by atoms with E-state index >= 15 is 0 Å². The molecule has 0 aliphatic heterocycles. The van der Waals surface area contributed by atoms with Crippen LogP contribution in [0.3, 0.4) is 0 Å². The Hall–Kier alpha value is -2.38. The van der Waals surface area contributed by atoms with E-state index in [1.165, 1.54) is 25.8 Å². The Morgan fingerprint density at radius 1 is 1.43 bits per heavy atom. The Morgan fingerprint density at radius 3 is 2.52 bits per heavy atom. The first-order valence-corrected chi connectivity index (χ1v) is 6.37. The summed E-state index contributed by atoms with van der Waals surface area (Å²) in [5.41, 5.74) is -0.389. The molecule has 21 heavy (non-hydrogen) atoms. The highest BCUT2D eigenvalue weighted by atomic mass is 16.4. The molecule has 0 unspecified atom stereocenters. The van der Waals surface area contributed by atoms with Crippen molar-refractivity contribution in [3.05, 3.63) is 18.0 Å². The molecule has 1 aromatic rings. The highest BCUT2D eigenvalue weighted by molar-refractivity contribution is 5.96. The van der Waals surface area contributed by atoms with E-state index in [0.29, 0.717) is 6.54 Å². The minimum absolute atomic E-state index is 0.269. The third kappa shape index (κ3) is 4.90. The van der Waals surface area contributed by atoms with Gasteiger partial charge in [0.15, 0.2) is 0 Å². The van der Waals surface area contributed by atoms with Crippen LogP contribution in [-0.2, 0) is 23.2 Å². The summed E-state index contributed by atoms with van der Waals surface area (Å²) in [7, 11) is 3.30. The zero-order valence-corrected chi connectivity index (χ0v) is 12.6. The van der Waals surface area contributed by atoms with Crippen molar-refractivity contribution in [2.45, 2.75) is 26.8 Å². The summed E-state index contributed by atoms with van der Waals surface area (Å²) in [5.74, 6) is -1.71. The highest BCUT2D eigenvalue weighted by Crippen LogP contribution is 2.20. The summed E-state index contributed by atoms with van der Waals surface area (Å²) in [6.45, 7) is 3.16. The van der Waals surface area contributed by atoms with Gasteiger partial charge in [-0.05, 0) is 13.8 Å². The molecule has 1 aromatic heterocycles. The predicted molar refractivity (Wildman–Crippen MR) is 74.2 cm³/mol. The molecule has 1 rings (SSSR count). The van der Waals surface area contributed by atoms with Crippen LogP contribution >= 0.6 is 0 Å². The van der Waals surface area contributed by atoms with Gasteiger partial charge < -0.3 is 10.0 Å². The van der Waals surface area contributed by atoms with E-state index in [1.54, 1.807) is 24.1 Å². The third-order valence-electron chi connectivity index (χ3n) is 2.95. The number of nitrogens with zero attached hydrogens (tertiary/aromatic N) is 3. The van der Waals surface area contributed by atoms with Crippen molar-refractivity contribution in [1.82, 2.24) is 20.0 Å². The number of carboxylic acids is 1. The van der Waals surface area contributed by atoms with Gasteiger partial charge in [-0.15, -0.1) is 0 Å². The Kier molecular flexibility index (Phi) is 5.07. The summed E-state index contributed by atoms with van der Waals surface area (Å²) in [4.78, 5) is 35.8. The van der Waals surface area contributed by atoms with Crippen molar-refractivity contribution < 1.29 is 19.5 Å². The number of aliphatic carboxylic acids is 1. The van der Waals surface area contributed by atoms with Crippen LogP contribution in [0.4, 0.5) is 4.79 Å². The number of carbonyl (C=O) groups is 3. The number of imide groups is 1. The van der Waals surface area contributed by atoms with Crippen LogP contribution < -0.4 is 5.32 Å². The van der Waals surface area contributed by atoms with E-state index in [-0.39, 0.29) is 6.42 Å². The lowest BCUT2D eigenvalue weighted by atomic mass is 9.89. The number of aryl methyl sites for hydroxylation is 1. The van der Waals surface area contributed by atoms with Crippen molar-refractivity contribution in [3.8, 4) is 0 Å². The predicted octanol–water partition coefficient (Wildman–Crippen LogP) is 0.589. The van der Waals surface area contributed by atoms with Crippen LogP contribution in [-0.4, -0.2) is 44.7 Å². The molecule has 1 heterocycles. The van der Waals surface area contributed by atoms with Crippen molar-refractivity contribution in [1.29, 1.82) is 0 Å². The molecular weight excluding hydrogens is 276 g/mol. The molecule has 0 fully saturated rings. The fourth-order valence-corrected chi connectivity index (χ4v) is 1.64. The van der Waals surface area contributed by atoms with Crippen molar-refractivity contribution in [2.75, 3.05) is 7.05 Å². The molecule has 0 atom stereocenters. The number of aromatic nitrogens is 2. The van der Waals surface area contributed by atoms with Gasteiger partial charge in [0.05, 0.1) is 18.2 Å². The zero-order chi connectivity index (χ0) is 16.2. The molecular formula is C13H20N4O4. The number of hydrogen-bond donors (Lipinski definition) is 2. The molecule has 8 heteroatoms. The minimum Gasteiger partial charge on any atom is -0.481 e. The smallest absolute Gasteiger partial charge is 0.324 e. The molecule has 0 bridgehead atoms. The average Bonchev–Trinajstić information content (AvgIpc) is 2.73. The normalized spacial score (nSPS) is 11.0. The molecule has 0 aliphatic carbocycles. The van der Waals surface area contributed by atoms with E-state index in [2.05, 4.69) is 10.4 Å². The summed E-state index contributed by atoms with van der Waals surface area (Å²) in [6.07, 6.45) is 3.12. The first-order valence-electron chi connectivity index (χ1n) is 6.37. The van der Waals surface area contributed by atoms with E-state index in [0.717, 1.165) is 5.56 Å². The van der Waals surface area contributed by atoms with Crippen LogP contribution in [0.2, 0.25) is 0 Å². The van der Waals surface area contributed by atoms with Gasteiger partial charge >= 0.3 is 12.0 Å². The molecule has 0 saturated heterocycles. The average molecular weight is 296 g/mol. The van der Waals surface area contributed by atoms with Gasteiger partial charge in [-0.2, -0.15) is 5.10 Å². The topological polar surface area (TPSA) is 105 Å². The number of urea groups is 1. The van der Waals surface area contributed by atoms with E-state index in [1.807, 2.05) is 0 Å². The molecule has 116 valence electrons. The molecule has 0 saturated carbocycles. The Balaban J connectivity index is 2.52. The number of carboxylic acid groups (broad SMARTS) is 1. The first-order chi connectivity index (χ1) is 9.61. The van der Waals surface area contributed by atoms with Crippen LogP contribution in [0, 0.1) is 5.41 Å². The molecule has 2 N–H and O–H groups in total. The monoisotopic (exact) mass is 296 g/mol. The molecule has 8 nitrogen and oxygen atoms in total. The maximum absolute atomic E-state index is 11.8. The van der Waals surface area contributed by atoms with Crippen LogP contribution in [0.5, 0.6) is 0 Å². The van der Waals surface area contributed by atoms with Crippen molar-refractivity contribution in [2.24, 2.45) is 12.5 Å². The Labute approximate surface area is 122 Å². The fourth-order valence-electron chi connectivity index (χ4n) is 1.64. The van der Waals surface area contributed by atoms with Crippen LogP contribution in [0.1, 0.15) is 25.8 Å². The standard InChI is InChI=1S/C13H20N4O4/c1-13(2,11(19)20)5-10(18)15-12(21)16(3)7-9-6-14-17(4)8-9/h6,8H,5,7H2,1-4H3,(H,19,20)(H,15,18,21). The number of rotatable bonds is 5. The van der Waals surface area contributed by atoms with Crippen LogP contribution in [0.15, 0.2) is 12.4 Å². The lowest BCUT2D eigenvalue weighted by Crippen LogP contribution is -2.42. The van der Waals surface area contributed by atoms with Gasteiger partial charge in [-0.25, -0.2) is 4.79 Å². The number of nitrogens with one attached hydrogen (secondary N) is 1. The van der Waals surface area contributed by atoms with Gasteiger partial charge in [-0.1, -0.05) is 0 Å². The molecule has 3 amide bonds. The van der Waals surface area contributed by atoms with Gasteiger partial charge in [0.25, 0.3) is 0 Å². The van der Waals surface area contributed by atoms with Crippen molar-refractivity contribution in [3.63, 3.8) is 0 Å². The number of amides is 3. The SMILES string of the molecule is CN(Cc1cnn(C)c1)C(=O)NC(=O)CC(C)(C)C(=O)O. The van der Waals surface area contributed by atoms with Gasteiger partial charge in [0.1, 0.15) is 0 Å². The van der Waals surface area contributed by atoms with Gasteiger partial charge in [0.2, 0.25) is 5.91 Å². The molecule has 0 aliphatic rings. The fraction of sp³-hybridized carbons (Fsp3) is 0.538. The summed E-state index contributed by atoms with van der Waals surface area (Å²) in [5, 5.41) is 15.1. The van der Waals surface area contributed by atoms with E-state index in [9.17, 15) is 14.4 Å². The Morgan fingerprint density at radius 2 is 2.05 bits per heavy atom. The lowest BCUT2D eigenvalue weighted by molar-refractivity contribution is -0.149. The second kappa shape index (κ2) is 6.38. The van der Waals surface area contributed by atoms with Gasteiger partial charge in [0, 0.05) is 32.3 Å². The second-order valence-electron chi connectivity index (χ2n) is 5.60. The van der Waals surface area contributed by atoms with Gasteiger partial charge in [-0.3, -0.25) is 19.6 Å². The lowest BCUT2D eigenvalue weighted by Gasteiger charge is -2.20. The van der Waals surface area contributed by atoms with E-state index in [4.69, 9.17) is 5.11 Å². The second-order valence-corrected chi connectivity index (χ2v) is 5.60. The zero-order valence-electron chi connectivity index (χ0n) is 12.6. The molecule has 0 spiro atoms. The maximum atomic E-state index is 11.8. The number of carbonyl (C=O) groups excluding carboxylic acids is 2. The van der Waals surface area contributed by atoms with Crippen LogP contribution in [0.25, 0.3) is 0 Å².